The second-order valence-electron chi connectivity index (χ2n) is 4.95. The summed E-state index contributed by atoms with van der Waals surface area (Å²) in [6.07, 6.45) is 0. The van der Waals surface area contributed by atoms with Gasteiger partial charge in [-0.25, -0.2) is 9.59 Å². The summed E-state index contributed by atoms with van der Waals surface area (Å²) in [6.45, 7) is 4.89. The second kappa shape index (κ2) is 6.21. The number of anilines is 1. The van der Waals surface area contributed by atoms with Crippen LogP contribution in [0.25, 0.3) is 0 Å². The number of amides is 1. The van der Waals surface area contributed by atoms with Crippen LogP contribution in [0.1, 0.15) is 31.1 Å². The molecule has 0 unspecified atom stereocenters. The fourth-order valence-corrected chi connectivity index (χ4v) is 1.79. The number of carbonyl (C=O) groups is 3. The zero-order valence-corrected chi connectivity index (χ0v) is 13.3. The summed E-state index contributed by atoms with van der Waals surface area (Å²) in [5, 5.41) is 11.3. The molecule has 0 saturated heterocycles. The average Bonchev–Trinajstić information content (AvgIpc) is 2.28. The zero-order chi connectivity index (χ0) is 15.5. The molecule has 0 aliphatic carbocycles. The summed E-state index contributed by atoms with van der Waals surface area (Å²) in [6, 6.07) is 4.44. The molecule has 0 saturated carbocycles. The molecular weight excluding hydrogens is 377 g/mol. The number of hydrogen-bond acceptors (Lipinski definition) is 4. The third-order valence-corrected chi connectivity index (χ3v) is 2.72. The molecule has 6 nitrogen and oxygen atoms in total. The van der Waals surface area contributed by atoms with Crippen molar-refractivity contribution in [3.05, 3.63) is 27.3 Å². The number of carboxylic acids is 1. The molecule has 1 aromatic rings. The van der Waals surface area contributed by atoms with E-state index in [-0.39, 0.29) is 11.3 Å². The number of benzene rings is 1. The first-order valence-corrected chi connectivity index (χ1v) is 6.75. The topological polar surface area (TPSA) is 92.7 Å². The van der Waals surface area contributed by atoms with Crippen molar-refractivity contribution in [2.75, 3.05) is 5.32 Å². The fourth-order valence-electron chi connectivity index (χ4n) is 1.30. The van der Waals surface area contributed by atoms with Gasteiger partial charge in [-0.05, 0) is 61.6 Å². The highest BCUT2D eigenvalue weighted by molar-refractivity contribution is 14.1. The van der Waals surface area contributed by atoms with Crippen LogP contribution in [-0.2, 0) is 14.3 Å². The van der Waals surface area contributed by atoms with Gasteiger partial charge in [-0.15, -0.1) is 0 Å². The van der Waals surface area contributed by atoms with Gasteiger partial charge >= 0.3 is 17.8 Å². The molecule has 1 aromatic carbocycles. The normalized spacial score (nSPS) is 10.8. The van der Waals surface area contributed by atoms with Crippen molar-refractivity contribution in [3.63, 3.8) is 0 Å². The molecule has 0 radical (unpaired) electrons. The van der Waals surface area contributed by atoms with Crippen molar-refractivity contribution in [1.29, 1.82) is 0 Å². The molecule has 7 heteroatoms. The van der Waals surface area contributed by atoms with Crippen molar-refractivity contribution in [2.45, 2.75) is 26.4 Å². The smallest absolute Gasteiger partial charge is 0.397 e. The minimum absolute atomic E-state index is 0.0498. The van der Waals surface area contributed by atoms with Gasteiger partial charge in [0.05, 0.1) is 11.3 Å². The number of rotatable bonds is 2. The van der Waals surface area contributed by atoms with Gasteiger partial charge < -0.3 is 15.2 Å². The molecule has 1 rings (SSSR count). The molecule has 0 aliphatic rings. The van der Waals surface area contributed by atoms with E-state index < -0.39 is 23.4 Å². The number of carboxylic acid groups (broad SMARTS) is 1. The molecule has 20 heavy (non-hydrogen) atoms. The van der Waals surface area contributed by atoms with E-state index in [0.29, 0.717) is 3.57 Å². The first kappa shape index (κ1) is 16.4. The lowest BCUT2D eigenvalue weighted by Gasteiger charge is -2.19. The number of esters is 1. The summed E-state index contributed by atoms with van der Waals surface area (Å²) in [5.74, 6) is -3.26. The number of nitrogens with one attached hydrogen (secondary N) is 1. The molecule has 0 aromatic heterocycles. The first-order valence-electron chi connectivity index (χ1n) is 5.67. The van der Waals surface area contributed by atoms with Crippen LogP contribution in [0.5, 0.6) is 0 Å². The Bertz CT molecular complexity index is 562. The Morgan fingerprint density at radius 3 is 2.35 bits per heavy atom. The summed E-state index contributed by atoms with van der Waals surface area (Å²) in [4.78, 5) is 34.3. The number of halogens is 1. The van der Waals surface area contributed by atoms with Crippen molar-refractivity contribution < 1.29 is 24.2 Å². The maximum Gasteiger partial charge on any atom is 0.397 e. The molecule has 0 aliphatic heterocycles. The summed E-state index contributed by atoms with van der Waals surface area (Å²) in [5.41, 5.74) is -0.835. The van der Waals surface area contributed by atoms with E-state index >= 15 is 0 Å². The highest BCUT2D eigenvalue weighted by Crippen LogP contribution is 2.19. The van der Waals surface area contributed by atoms with Gasteiger partial charge in [-0.3, -0.25) is 4.79 Å². The SMILES string of the molecule is CC(C)(C)OC(=O)C(=O)Nc1ccc(I)cc1C(=O)O. The Hall–Kier alpha value is -1.64. The zero-order valence-electron chi connectivity index (χ0n) is 11.2. The highest BCUT2D eigenvalue weighted by Gasteiger charge is 2.24. The molecule has 1 amide bonds. The van der Waals surface area contributed by atoms with Crippen LogP contribution >= 0.6 is 22.6 Å². The van der Waals surface area contributed by atoms with E-state index in [2.05, 4.69) is 5.32 Å². The van der Waals surface area contributed by atoms with Gasteiger partial charge in [0.2, 0.25) is 0 Å². The van der Waals surface area contributed by atoms with Gasteiger partial charge in [0, 0.05) is 3.57 Å². The molecule has 0 bridgehead atoms. The van der Waals surface area contributed by atoms with Crippen LogP contribution in [0.2, 0.25) is 0 Å². The van der Waals surface area contributed by atoms with Crippen molar-refractivity contribution in [3.8, 4) is 0 Å². The molecule has 0 fully saturated rings. The third-order valence-electron chi connectivity index (χ3n) is 2.04. The van der Waals surface area contributed by atoms with Crippen molar-refractivity contribution >= 4 is 46.1 Å². The van der Waals surface area contributed by atoms with Crippen LogP contribution < -0.4 is 5.32 Å². The van der Waals surface area contributed by atoms with Crippen LogP contribution in [-0.4, -0.2) is 28.6 Å². The minimum atomic E-state index is -1.19. The van der Waals surface area contributed by atoms with E-state index in [1.54, 1.807) is 26.8 Å². The van der Waals surface area contributed by atoms with E-state index in [4.69, 9.17) is 9.84 Å². The van der Waals surface area contributed by atoms with Crippen LogP contribution in [0.4, 0.5) is 5.69 Å². The van der Waals surface area contributed by atoms with Crippen LogP contribution in [0, 0.1) is 3.57 Å². The number of aromatic carboxylic acids is 1. The van der Waals surface area contributed by atoms with Crippen molar-refractivity contribution in [1.82, 2.24) is 0 Å². The molecule has 0 heterocycles. The van der Waals surface area contributed by atoms with Gasteiger partial charge in [0.1, 0.15) is 5.60 Å². The monoisotopic (exact) mass is 391 g/mol. The van der Waals surface area contributed by atoms with Crippen LogP contribution in [0.15, 0.2) is 18.2 Å². The van der Waals surface area contributed by atoms with Crippen LogP contribution in [0.3, 0.4) is 0 Å². The lowest BCUT2D eigenvalue weighted by atomic mass is 10.2. The van der Waals surface area contributed by atoms with Crippen molar-refractivity contribution in [2.24, 2.45) is 0 Å². The Morgan fingerprint density at radius 1 is 1.25 bits per heavy atom. The summed E-state index contributed by atoms with van der Waals surface area (Å²) < 4.78 is 5.60. The maximum absolute atomic E-state index is 11.7. The summed E-state index contributed by atoms with van der Waals surface area (Å²) >= 11 is 1.95. The third kappa shape index (κ3) is 4.80. The Morgan fingerprint density at radius 2 is 1.85 bits per heavy atom. The van der Waals surface area contributed by atoms with Gasteiger partial charge in [0.25, 0.3) is 0 Å². The predicted octanol–water partition coefficient (Wildman–Crippen LogP) is 2.27. The lowest BCUT2D eigenvalue weighted by molar-refractivity contribution is -0.161. The fraction of sp³-hybridized carbons (Fsp3) is 0.308. The molecule has 2 N–H and O–H groups in total. The quantitative estimate of drug-likeness (QED) is 0.459. The highest BCUT2D eigenvalue weighted by atomic mass is 127. The Balaban J connectivity index is 2.91. The van der Waals surface area contributed by atoms with Gasteiger partial charge in [-0.2, -0.15) is 0 Å². The Labute approximate surface area is 129 Å². The Kier molecular flexibility index (Phi) is 5.09. The molecule has 0 atom stereocenters. The predicted molar refractivity (Wildman–Crippen MR) is 80.6 cm³/mol. The average molecular weight is 391 g/mol. The van der Waals surface area contributed by atoms with E-state index in [1.165, 1.54) is 12.1 Å². The lowest BCUT2D eigenvalue weighted by Crippen LogP contribution is -2.32. The largest absolute Gasteiger partial charge is 0.478 e. The van der Waals surface area contributed by atoms with Gasteiger partial charge in [0.15, 0.2) is 0 Å². The molecule has 108 valence electrons. The standard InChI is InChI=1S/C13H14INO5/c1-13(2,3)20-12(19)10(16)15-9-5-4-7(14)6-8(9)11(17)18/h4-6H,1-3H3,(H,15,16)(H,17,18). The van der Waals surface area contributed by atoms with E-state index in [0.717, 1.165) is 0 Å². The second-order valence-corrected chi connectivity index (χ2v) is 6.20. The first-order chi connectivity index (χ1) is 9.10. The van der Waals surface area contributed by atoms with E-state index in [9.17, 15) is 14.4 Å². The molecule has 0 spiro atoms. The number of hydrogen-bond donors (Lipinski definition) is 2. The maximum atomic E-state index is 11.7. The number of carbonyl (C=O) groups excluding carboxylic acids is 2. The molecular formula is C13H14INO5. The van der Waals surface area contributed by atoms with Gasteiger partial charge in [-0.1, -0.05) is 0 Å². The minimum Gasteiger partial charge on any atom is -0.478 e. The number of ether oxygens (including phenoxy) is 1. The van der Waals surface area contributed by atoms with E-state index in [1.807, 2.05) is 22.6 Å². The summed E-state index contributed by atoms with van der Waals surface area (Å²) in [7, 11) is 0.